The second kappa shape index (κ2) is 7.83. The lowest BCUT2D eigenvalue weighted by atomic mass is 10.1. The first-order valence-corrected chi connectivity index (χ1v) is 9.02. The van der Waals surface area contributed by atoms with Gasteiger partial charge in [0.2, 0.25) is 0 Å². The molecule has 8 heteroatoms. The topological polar surface area (TPSA) is 105 Å². The first-order valence-electron chi connectivity index (χ1n) is 9.02. The smallest absolute Gasteiger partial charge is 0.412 e. The van der Waals surface area contributed by atoms with Crippen LogP contribution in [-0.4, -0.2) is 35.3 Å². The Labute approximate surface area is 168 Å². The number of nitrogens with zero attached hydrogens (tertiary/aromatic N) is 1. The molecule has 0 saturated carbocycles. The van der Waals surface area contributed by atoms with Crippen molar-refractivity contribution in [2.75, 3.05) is 16.8 Å². The predicted octanol–water partition coefficient (Wildman–Crippen LogP) is 3.66. The van der Waals surface area contributed by atoms with Gasteiger partial charge in [-0.15, -0.1) is 0 Å². The van der Waals surface area contributed by atoms with Gasteiger partial charge in [-0.2, -0.15) is 0 Å². The van der Waals surface area contributed by atoms with Crippen LogP contribution in [0.4, 0.5) is 16.2 Å². The molecule has 1 heterocycles. The molecule has 0 unspecified atom stereocenters. The van der Waals surface area contributed by atoms with Gasteiger partial charge in [0, 0.05) is 5.69 Å². The summed E-state index contributed by atoms with van der Waals surface area (Å²) in [7, 11) is 0. The van der Waals surface area contributed by atoms with Gasteiger partial charge >= 0.3 is 12.1 Å². The summed E-state index contributed by atoms with van der Waals surface area (Å²) >= 11 is 0. The summed E-state index contributed by atoms with van der Waals surface area (Å²) in [5.41, 5.74) is 1.09. The number of ether oxygens (including phenoxy) is 2. The van der Waals surface area contributed by atoms with Gasteiger partial charge < -0.3 is 19.5 Å². The minimum absolute atomic E-state index is 0.121. The van der Waals surface area contributed by atoms with E-state index >= 15 is 0 Å². The van der Waals surface area contributed by atoms with Crippen LogP contribution in [0.25, 0.3) is 0 Å². The van der Waals surface area contributed by atoms with Crippen molar-refractivity contribution in [3.8, 4) is 5.75 Å². The molecule has 0 atom stereocenters. The molecule has 0 saturated heterocycles. The third-order valence-electron chi connectivity index (χ3n) is 4.06. The molecule has 0 bridgehead atoms. The maximum atomic E-state index is 12.5. The second-order valence-electron chi connectivity index (χ2n) is 7.58. The van der Waals surface area contributed by atoms with Gasteiger partial charge in [-0.05, 0) is 56.7 Å². The minimum Gasteiger partial charge on any atom is -0.482 e. The van der Waals surface area contributed by atoms with Gasteiger partial charge in [0.1, 0.15) is 11.4 Å². The Bertz CT molecular complexity index is 964. The van der Waals surface area contributed by atoms with E-state index in [4.69, 9.17) is 9.47 Å². The van der Waals surface area contributed by atoms with Crippen LogP contribution >= 0.6 is 0 Å². The number of carbonyl (C=O) groups is 3. The van der Waals surface area contributed by atoms with Crippen LogP contribution in [0.15, 0.2) is 42.5 Å². The van der Waals surface area contributed by atoms with Crippen molar-refractivity contribution in [3.63, 3.8) is 0 Å². The molecule has 0 fully saturated rings. The zero-order chi connectivity index (χ0) is 21.2. The van der Waals surface area contributed by atoms with Crippen molar-refractivity contribution in [1.29, 1.82) is 0 Å². The van der Waals surface area contributed by atoms with Crippen molar-refractivity contribution in [1.82, 2.24) is 0 Å². The number of carboxylic acid groups (broad SMARTS) is 1. The largest absolute Gasteiger partial charge is 0.482 e. The Morgan fingerprint density at radius 1 is 1.21 bits per heavy atom. The normalized spacial score (nSPS) is 13.3. The molecular weight excluding hydrogens is 376 g/mol. The number of nitrogens with one attached hydrogen (secondary N) is 1. The standard InChI is InChI=1S/C21H22N2O6/c1-21(2,3)29-20(27)22-15-7-8-17-16(10-15)23(18(24)12-28-17)11-13-5-4-6-14(9-13)19(25)26/h4-10H,11-12H2,1-3H3,(H,22,27)(H,25,26). The quantitative estimate of drug-likeness (QED) is 0.814. The number of amides is 2. The number of rotatable bonds is 4. The highest BCUT2D eigenvalue weighted by Crippen LogP contribution is 2.35. The van der Waals surface area contributed by atoms with Gasteiger partial charge in [0.05, 0.1) is 17.8 Å². The van der Waals surface area contributed by atoms with Crippen molar-refractivity contribution in [2.24, 2.45) is 0 Å². The molecule has 1 aliphatic heterocycles. The number of anilines is 2. The third kappa shape index (κ3) is 5.04. The van der Waals surface area contributed by atoms with E-state index in [9.17, 15) is 19.5 Å². The zero-order valence-electron chi connectivity index (χ0n) is 16.4. The molecule has 2 N–H and O–H groups in total. The maximum absolute atomic E-state index is 12.5. The highest BCUT2D eigenvalue weighted by molar-refractivity contribution is 5.99. The van der Waals surface area contributed by atoms with Crippen molar-refractivity contribution >= 4 is 29.3 Å². The van der Waals surface area contributed by atoms with Crippen LogP contribution in [0.1, 0.15) is 36.7 Å². The first-order chi connectivity index (χ1) is 13.6. The van der Waals surface area contributed by atoms with Gasteiger partial charge in [0.15, 0.2) is 6.61 Å². The third-order valence-corrected chi connectivity index (χ3v) is 4.06. The maximum Gasteiger partial charge on any atom is 0.412 e. The van der Waals surface area contributed by atoms with E-state index in [1.807, 2.05) is 0 Å². The van der Waals surface area contributed by atoms with Gasteiger partial charge in [-0.3, -0.25) is 10.1 Å². The van der Waals surface area contributed by atoms with Gasteiger partial charge in [-0.1, -0.05) is 12.1 Å². The summed E-state index contributed by atoms with van der Waals surface area (Å²) in [4.78, 5) is 37.2. The first kappa shape index (κ1) is 20.2. The van der Waals surface area contributed by atoms with E-state index in [1.165, 1.54) is 17.0 Å². The summed E-state index contributed by atoms with van der Waals surface area (Å²) < 4.78 is 10.7. The van der Waals surface area contributed by atoms with Crippen molar-refractivity contribution in [2.45, 2.75) is 32.9 Å². The summed E-state index contributed by atoms with van der Waals surface area (Å²) in [6.07, 6.45) is -0.610. The number of fused-ring (bicyclic) bond motifs is 1. The lowest BCUT2D eigenvalue weighted by Crippen LogP contribution is -2.38. The number of hydrogen-bond acceptors (Lipinski definition) is 5. The average molecular weight is 398 g/mol. The summed E-state index contributed by atoms with van der Waals surface area (Å²) in [5, 5.41) is 11.8. The molecule has 0 aromatic heterocycles. The molecule has 0 aliphatic carbocycles. The predicted molar refractivity (Wildman–Crippen MR) is 106 cm³/mol. The fourth-order valence-electron chi connectivity index (χ4n) is 2.86. The van der Waals surface area contributed by atoms with Gasteiger partial charge in [-0.25, -0.2) is 9.59 Å². The lowest BCUT2D eigenvalue weighted by Gasteiger charge is -2.30. The molecule has 8 nitrogen and oxygen atoms in total. The van der Waals surface area contributed by atoms with E-state index in [0.717, 1.165) is 0 Å². The molecule has 29 heavy (non-hydrogen) atoms. The van der Waals surface area contributed by atoms with Gasteiger partial charge in [0.25, 0.3) is 5.91 Å². The number of carbonyl (C=O) groups excluding carboxylic acids is 2. The molecule has 0 spiro atoms. The van der Waals surface area contributed by atoms with E-state index in [2.05, 4.69) is 5.32 Å². The van der Waals surface area contributed by atoms with Crippen molar-refractivity contribution in [3.05, 3.63) is 53.6 Å². The molecule has 3 rings (SSSR count). The van der Waals surface area contributed by atoms with Crippen LogP contribution < -0.4 is 15.0 Å². The number of carboxylic acids is 1. The Kier molecular flexibility index (Phi) is 5.45. The molecule has 2 aromatic rings. The Morgan fingerprint density at radius 3 is 2.66 bits per heavy atom. The van der Waals surface area contributed by atoms with Crippen LogP contribution in [0, 0.1) is 0 Å². The fraction of sp³-hybridized carbons (Fsp3) is 0.286. The number of benzene rings is 2. The summed E-state index contributed by atoms with van der Waals surface area (Å²) in [6.45, 7) is 5.34. The monoisotopic (exact) mass is 398 g/mol. The molecule has 2 aromatic carbocycles. The Balaban J connectivity index is 1.86. The van der Waals surface area contributed by atoms with Crippen LogP contribution in [-0.2, 0) is 16.1 Å². The highest BCUT2D eigenvalue weighted by Gasteiger charge is 2.27. The molecule has 1 aliphatic rings. The van der Waals surface area contributed by atoms with E-state index < -0.39 is 17.7 Å². The average Bonchev–Trinajstić information content (AvgIpc) is 2.63. The zero-order valence-corrected chi connectivity index (χ0v) is 16.4. The highest BCUT2D eigenvalue weighted by atomic mass is 16.6. The molecule has 2 amide bonds. The van der Waals surface area contributed by atoms with E-state index in [0.29, 0.717) is 22.7 Å². The summed E-state index contributed by atoms with van der Waals surface area (Å²) in [5.74, 6) is -0.814. The molecular formula is C21H22N2O6. The van der Waals surface area contributed by atoms with E-state index in [1.54, 1.807) is 51.1 Å². The number of aromatic carboxylic acids is 1. The van der Waals surface area contributed by atoms with Crippen LogP contribution in [0.2, 0.25) is 0 Å². The Morgan fingerprint density at radius 2 is 1.97 bits per heavy atom. The van der Waals surface area contributed by atoms with Crippen LogP contribution in [0.5, 0.6) is 5.75 Å². The minimum atomic E-state index is -1.04. The van der Waals surface area contributed by atoms with Crippen molar-refractivity contribution < 1.29 is 29.0 Å². The second-order valence-corrected chi connectivity index (χ2v) is 7.58. The SMILES string of the molecule is CC(C)(C)OC(=O)Nc1ccc2c(c1)N(Cc1cccc(C(=O)O)c1)C(=O)CO2. The molecule has 0 radical (unpaired) electrons. The number of hydrogen-bond donors (Lipinski definition) is 2. The van der Waals surface area contributed by atoms with E-state index in [-0.39, 0.29) is 24.6 Å². The summed E-state index contributed by atoms with van der Waals surface area (Å²) in [6, 6.07) is 11.3. The Hall–Kier alpha value is -3.55. The molecule has 152 valence electrons. The lowest BCUT2D eigenvalue weighted by molar-refractivity contribution is -0.121. The van der Waals surface area contributed by atoms with Crippen LogP contribution in [0.3, 0.4) is 0 Å². The fourth-order valence-corrected chi connectivity index (χ4v) is 2.86.